The van der Waals surface area contributed by atoms with E-state index in [2.05, 4.69) is 0 Å². The molecular formula is C7H10N2O2. The lowest BCUT2D eigenvalue weighted by Gasteiger charge is -2.16. The lowest BCUT2D eigenvalue weighted by Crippen LogP contribution is -2.26. The van der Waals surface area contributed by atoms with Gasteiger partial charge in [0, 0.05) is 13.1 Å². The Bertz CT molecular complexity index is 324. The van der Waals surface area contributed by atoms with Crippen LogP contribution >= 0.6 is 0 Å². The summed E-state index contributed by atoms with van der Waals surface area (Å²) in [5, 5.41) is 9.22. The van der Waals surface area contributed by atoms with Crippen LogP contribution in [0.5, 0.6) is 5.88 Å². The largest absolute Gasteiger partial charge is 0.493 e. The number of hydrogen-bond donors (Lipinski definition) is 1. The molecule has 0 atom stereocenters. The number of aromatic nitrogens is 2. The van der Waals surface area contributed by atoms with Crippen LogP contribution < -0.4 is 5.56 Å². The highest BCUT2D eigenvalue weighted by molar-refractivity contribution is 5.07. The number of rotatable bonds is 0. The van der Waals surface area contributed by atoms with Crippen LogP contribution in [0.3, 0.4) is 0 Å². The molecule has 1 N–H and O–H groups in total. The first-order chi connectivity index (χ1) is 5.29. The standard InChI is InChI=1S/C7H10N2O2/c10-6-5-7(11)9-4-2-1-3-8(6)9/h5,10H,1-4H2. The molecule has 0 aliphatic carbocycles. The van der Waals surface area contributed by atoms with Crippen molar-refractivity contribution in [1.29, 1.82) is 0 Å². The van der Waals surface area contributed by atoms with Gasteiger partial charge in [0.05, 0.1) is 6.07 Å². The molecule has 11 heavy (non-hydrogen) atoms. The van der Waals surface area contributed by atoms with Crippen molar-refractivity contribution in [3.8, 4) is 5.88 Å². The topological polar surface area (TPSA) is 47.2 Å². The van der Waals surface area contributed by atoms with Crippen molar-refractivity contribution in [1.82, 2.24) is 9.36 Å². The molecule has 1 aromatic heterocycles. The number of hydrogen-bond acceptors (Lipinski definition) is 2. The van der Waals surface area contributed by atoms with E-state index in [1.165, 1.54) is 6.07 Å². The van der Waals surface area contributed by atoms with E-state index < -0.39 is 0 Å². The van der Waals surface area contributed by atoms with Crippen LogP contribution in [0, 0.1) is 0 Å². The maximum atomic E-state index is 11.1. The minimum absolute atomic E-state index is 0.0923. The van der Waals surface area contributed by atoms with Crippen LogP contribution in [0.1, 0.15) is 12.8 Å². The van der Waals surface area contributed by atoms with Crippen molar-refractivity contribution >= 4 is 0 Å². The van der Waals surface area contributed by atoms with E-state index in [0.29, 0.717) is 0 Å². The average molecular weight is 154 g/mol. The van der Waals surface area contributed by atoms with Gasteiger partial charge < -0.3 is 5.11 Å². The first kappa shape index (κ1) is 6.52. The summed E-state index contributed by atoms with van der Waals surface area (Å²) in [6, 6.07) is 1.27. The summed E-state index contributed by atoms with van der Waals surface area (Å²) in [6.45, 7) is 1.49. The molecule has 0 fully saturated rings. The molecule has 0 unspecified atom stereocenters. The molecule has 0 spiro atoms. The van der Waals surface area contributed by atoms with E-state index >= 15 is 0 Å². The SMILES string of the molecule is O=c1cc(O)n2n1CCCC2. The summed E-state index contributed by atoms with van der Waals surface area (Å²) < 4.78 is 3.21. The molecule has 0 saturated carbocycles. The van der Waals surface area contributed by atoms with Gasteiger partial charge in [-0.2, -0.15) is 0 Å². The van der Waals surface area contributed by atoms with E-state index in [1.807, 2.05) is 0 Å². The first-order valence-electron chi connectivity index (χ1n) is 3.78. The average Bonchev–Trinajstić information content (AvgIpc) is 2.30. The third-order valence-electron chi connectivity index (χ3n) is 2.05. The van der Waals surface area contributed by atoms with Crippen LogP contribution in [0.4, 0.5) is 0 Å². The molecule has 0 radical (unpaired) electrons. The van der Waals surface area contributed by atoms with Gasteiger partial charge in [-0.1, -0.05) is 0 Å². The lowest BCUT2D eigenvalue weighted by molar-refractivity contribution is 0.305. The van der Waals surface area contributed by atoms with Gasteiger partial charge in [-0.3, -0.25) is 9.48 Å². The maximum Gasteiger partial charge on any atom is 0.270 e. The van der Waals surface area contributed by atoms with Crippen LogP contribution in [0.25, 0.3) is 0 Å². The van der Waals surface area contributed by atoms with Crippen molar-refractivity contribution in [3.05, 3.63) is 16.4 Å². The Morgan fingerprint density at radius 1 is 1.27 bits per heavy atom. The highest BCUT2D eigenvalue weighted by Crippen LogP contribution is 2.12. The van der Waals surface area contributed by atoms with Crippen molar-refractivity contribution in [3.63, 3.8) is 0 Å². The molecule has 4 heteroatoms. The predicted octanol–water partition coefficient (Wildman–Crippen LogP) is 0.149. The second-order valence-corrected chi connectivity index (χ2v) is 2.79. The zero-order valence-electron chi connectivity index (χ0n) is 6.16. The van der Waals surface area contributed by atoms with E-state index in [9.17, 15) is 9.90 Å². The Balaban J connectivity index is 2.61. The lowest BCUT2D eigenvalue weighted by atomic mass is 10.3. The summed E-state index contributed by atoms with van der Waals surface area (Å²) in [7, 11) is 0. The molecular weight excluding hydrogens is 144 g/mol. The van der Waals surface area contributed by atoms with Crippen molar-refractivity contribution in [2.75, 3.05) is 0 Å². The van der Waals surface area contributed by atoms with Crippen molar-refractivity contribution in [2.24, 2.45) is 0 Å². The quantitative estimate of drug-likeness (QED) is 0.578. The third kappa shape index (κ3) is 0.859. The maximum absolute atomic E-state index is 11.1. The van der Waals surface area contributed by atoms with Gasteiger partial charge in [0.15, 0.2) is 0 Å². The molecule has 1 aromatic rings. The van der Waals surface area contributed by atoms with E-state index in [1.54, 1.807) is 9.36 Å². The molecule has 2 heterocycles. The molecule has 0 amide bonds. The first-order valence-corrected chi connectivity index (χ1v) is 3.78. The van der Waals surface area contributed by atoms with Crippen LogP contribution in [-0.2, 0) is 13.1 Å². The Morgan fingerprint density at radius 2 is 1.91 bits per heavy atom. The third-order valence-corrected chi connectivity index (χ3v) is 2.05. The fourth-order valence-corrected chi connectivity index (χ4v) is 1.49. The molecule has 1 aliphatic heterocycles. The molecule has 0 bridgehead atoms. The van der Waals surface area contributed by atoms with Crippen LogP contribution in [-0.4, -0.2) is 14.5 Å². The predicted molar refractivity (Wildman–Crippen MR) is 39.6 cm³/mol. The summed E-state index contributed by atoms with van der Waals surface area (Å²) in [5.41, 5.74) is -0.0952. The second kappa shape index (κ2) is 2.15. The zero-order chi connectivity index (χ0) is 7.84. The number of aromatic hydroxyl groups is 1. The summed E-state index contributed by atoms with van der Waals surface area (Å²) in [4.78, 5) is 11.1. The van der Waals surface area contributed by atoms with E-state index in [4.69, 9.17) is 0 Å². The molecule has 0 aromatic carbocycles. The smallest absolute Gasteiger partial charge is 0.270 e. The molecule has 60 valence electrons. The van der Waals surface area contributed by atoms with E-state index in [0.717, 1.165) is 25.9 Å². The van der Waals surface area contributed by atoms with Gasteiger partial charge in [0.2, 0.25) is 5.88 Å². The summed E-state index contributed by atoms with van der Waals surface area (Å²) in [5.74, 6) is 0.0923. The minimum Gasteiger partial charge on any atom is -0.493 e. The Labute approximate surface area is 63.7 Å². The van der Waals surface area contributed by atoms with Gasteiger partial charge in [0.1, 0.15) is 0 Å². The van der Waals surface area contributed by atoms with Gasteiger partial charge in [-0.05, 0) is 12.8 Å². The molecule has 2 rings (SSSR count). The summed E-state index contributed by atoms with van der Waals surface area (Å²) in [6.07, 6.45) is 2.07. The van der Waals surface area contributed by atoms with Gasteiger partial charge >= 0.3 is 0 Å². The molecule has 0 saturated heterocycles. The fourth-order valence-electron chi connectivity index (χ4n) is 1.49. The fraction of sp³-hybridized carbons (Fsp3) is 0.571. The molecule has 1 aliphatic rings. The van der Waals surface area contributed by atoms with Gasteiger partial charge in [-0.25, -0.2) is 4.68 Å². The van der Waals surface area contributed by atoms with Crippen molar-refractivity contribution in [2.45, 2.75) is 25.9 Å². The Morgan fingerprint density at radius 3 is 2.55 bits per heavy atom. The highest BCUT2D eigenvalue weighted by Gasteiger charge is 2.12. The Kier molecular flexibility index (Phi) is 1.27. The van der Waals surface area contributed by atoms with Gasteiger partial charge in [0.25, 0.3) is 5.56 Å². The van der Waals surface area contributed by atoms with Gasteiger partial charge in [-0.15, -0.1) is 0 Å². The minimum atomic E-state index is -0.0952. The van der Waals surface area contributed by atoms with Crippen molar-refractivity contribution < 1.29 is 5.11 Å². The van der Waals surface area contributed by atoms with Crippen LogP contribution in [0.15, 0.2) is 10.9 Å². The second-order valence-electron chi connectivity index (χ2n) is 2.79. The zero-order valence-corrected chi connectivity index (χ0v) is 6.16. The normalized spacial score (nSPS) is 16.4. The number of nitrogens with zero attached hydrogens (tertiary/aromatic N) is 2. The highest BCUT2D eigenvalue weighted by atomic mass is 16.3. The molecule has 4 nitrogen and oxygen atoms in total. The van der Waals surface area contributed by atoms with E-state index in [-0.39, 0.29) is 11.4 Å². The van der Waals surface area contributed by atoms with Crippen LogP contribution in [0.2, 0.25) is 0 Å². The number of fused-ring (bicyclic) bond motifs is 1. The monoisotopic (exact) mass is 154 g/mol. The summed E-state index contributed by atoms with van der Waals surface area (Å²) >= 11 is 0. The Hall–Kier alpha value is -1.19.